The lowest BCUT2D eigenvalue weighted by Gasteiger charge is -2.14. The molecule has 0 bridgehead atoms. The van der Waals surface area contributed by atoms with Crippen LogP contribution in [0.15, 0.2) is 59.1 Å². The van der Waals surface area contributed by atoms with E-state index in [4.69, 9.17) is 4.74 Å². The number of halogens is 1. The molecule has 134 valence electrons. The first kappa shape index (κ1) is 18.4. The first-order valence-corrected chi connectivity index (χ1v) is 9.19. The van der Waals surface area contributed by atoms with Gasteiger partial charge in [-0.3, -0.25) is 0 Å². The van der Waals surface area contributed by atoms with Gasteiger partial charge in [-0.2, -0.15) is 5.10 Å². The third kappa shape index (κ3) is 4.05. The summed E-state index contributed by atoms with van der Waals surface area (Å²) in [5.41, 5.74) is 3.16. The maximum Gasteiger partial charge on any atom is 0.344 e. The fraction of sp³-hybridized carbons (Fsp3) is 0.238. The number of aryl methyl sites for hydroxylation is 1. The summed E-state index contributed by atoms with van der Waals surface area (Å²) >= 11 is 3.37. The van der Waals surface area contributed by atoms with Crippen molar-refractivity contribution >= 4 is 21.9 Å². The molecule has 0 fully saturated rings. The van der Waals surface area contributed by atoms with Crippen molar-refractivity contribution in [2.75, 3.05) is 0 Å². The van der Waals surface area contributed by atoms with Crippen molar-refractivity contribution < 1.29 is 9.53 Å². The van der Waals surface area contributed by atoms with Crippen molar-refractivity contribution in [1.82, 2.24) is 9.78 Å². The van der Waals surface area contributed by atoms with Gasteiger partial charge >= 0.3 is 5.97 Å². The number of aromatic nitrogens is 2. The van der Waals surface area contributed by atoms with E-state index in [1.165, 1.54) is 0 Å². The quantitative estimate of drug-likeness (QED) is 0.536. The normalized spacial score (nSPS) is 11.4. The topological polar surface area (TPSA) is 44.1 Å². The molecule has 0 aliphatic rings. The summed E-state index contributed by atoms with van der Waals surface area (Å²) in [6.45, 7) is 8.26. The summed E-state index contributed by atoms with van der Waals surface area (Å²) < 4.78 is 8.28. The Balaban J connectivity index is 2.00. The predicted octanol–water partition coefficient (Wildman–Crippen LogP) is 5.46. The lowest BCUT2D eigenvalue weighted by molar-refractivity contribution is 0.0723. The van der Waals surface area contributed by atoms with Crippen LogP contribution in [-0.2, 0) is 5.41 Å². The van der Waals surface area contributed by atoms with Crippen molar-refractivity contribution in [3.8, 4) is 11.6 Å². The molecule has 1 aromatic heterocycles. The Hall–Kier alpha value is -2.40. The Kier molecular flexibility index (Phi) is 5.01. The van der Waals surface area contributed by atoms with E-state index in [1.807, 2.05) is 49.4 Å². The molecule has 0 radical (unpaired) electrons. The molecular weight excluding hydrogens is 392 g/mol. The first-order chi connectivity index (χ1) is 12.2. The minimum atomic E-state index is -0.410. The van der Waals surface area contributed by atoms with Crippen LogP contribution < -0.4 is 4.74 Å². The molecule has 26 heavy (non-hydrogen) atoms. The molecule has 5 heteroatoms. The van der Waals surface area contributed by atoms with Gasteiger partial charge < -0.3 is 4.74 Å². The van der Waals surface area contributed by atoms with E-state index in [1.54, 1.807) is 16.8 Å². The lowest BCUT2D eigenvalue weighted by Crippen LogP contribution is -2.13. The molecule has 4 nitrogen and oxygen atoms in total. The molecule has 0 saturated heterocycles. The van der Waals surface area contributed by atoms with E-state index in [9.17, 15) is 4.79 Å². The molecule has 0 aliphatic carbocycles. The second-order valence-electron chi connectivity index (χ2n) is 7.27. The van der Waals surface area contributed by atoms with Crippen LogP contribution in [-0.4, -0.2) is 15.7 Å². The number of carbonyl (C=O) groups is 1. The fourth-order valence-electron chi connectivity index (χ4n) is 2.49. The highest BCUT2D eigenvalue weighted by Gasteiger charge is 2.23. The molecule has 0 N–H and O–H groups in total. The third-order valence-electron chi connectivity index (χ3n) is 3.97. The number of carbonyl (C=O) groups excluding carboxylic acids is 1. The van der Waals surface area contributed by atoms with Crippen LogP contribution in [0.1, 0.15) is 42.4 Å². The molecule has 3 rings (SSSR count). The zero-order valence-electron chi connectivity index (χ0n) is 15.3. The number of esters is 1. The van der Waals surface area contributed by atoms with Gasteiger partial charge in [-0.1, -0.05) is 48.8 Å². The third-order valence-corrected chi connectivity index (χ3v) is 4.50. The molecule has 0 spiro atoms. The number of benzene rings is 2. The number of nitrogens with zero attached hydrogens (tertiary/aromatic N) is 2. The number of ether oxygens (including phenoxy) is 1. The Labute approximate surface area is 161 Å². The monoisotopic (exact) mass is 412 g/mol. The van der Waals surface area contributed by atoms with Crippen LogP contribution in [0, 0.1) is 6.92 Å². The van der Waals surface area contributed by atoms with E-state index >= 15 is 0 Å². The largest absolute Gasteiger partial charge is 0.404 e. The molecule has 3 aromatic rings. The van der Waals surface area contributed by atoms with Crippen molar-refractivity contribution in [2.24, 2.45) is 0 Å². The highest BCUT2D eigenvalue weighted by molar-refractivity contribution is 9.10. The highest BCUT2D eigenvalue weighted by Crippen LogP contribution is 2.28. The van der Waals surface area contributed by atoms with Gasteiger partial charge in [0.2, 0.25) is 5.88 Å². The lowest BCUT2D eigenvalue weighted by atomic mass is 9.93. The summed E-state index contributed by atoms with van der Waals surface area (Å²) in [6.07, 6.45) is 0. The van der Waals surface area contributed by atoms with E-state index in [0.29, 0.717) is 11.4 Å². The number of hydrogen-bond donors (Lipinski definition) is 0. The summed E-state index contributed by atoms with van der Waals surface area (Å²) in [5, 5.41) is 4.69. The van der Waals surface area contributed by atoms with Crippen molar-refractivity contribution in [2.45, 2.75) is 33.1 Å². The average Bonchev–Trinajstić information content (AvgIpc) is 2.99. The Morgan fingerprint density at radius 3 is 2.38 bits per heavy atom. The Bertz CT molecular complexity index is 937. The van der Waals surface area contributed by atoms with Gasteiger partial charge in [0.1, 0.15) is 0 Å². The Morgan fingerprint density at radius 1 is 1.08 bits per heavy atom. The Morgan fingerprint density at radius 2 is 1.77 bits per heavy atom. The van der Waals surface area contributed by atoms with Gasteiger partial charge in [0, 0.05) is 16.0 Å². The molecule has 0 atom stereocenters. The van der Waals surface area contributed by atoms with E-state index in [2.05, 4.69) is 41.8 Å². The zero-order valence-corrected chi connectivity index (χ0v) is 16.9. The standard InChI is InChI=1S/C21H21BrN2O2/c1-14-6-5-7-17(12-14)24-19(13-18(23-24)21(2,3)4)26-20(25)15-8-10-16(22)11-9-15/h5-13H,1-4H3. The second-order valence-corrected chi connectivity index (χ2v) is 8.18. The van der Waals surface area contributed by atoms with Crippen LogP contribution in [0.5, 0.6) is 5.88 Å². The van der Waals surface area contributed by atoms with Crippen LogP contribution in [0.2, 0.25) is 0 Å². The van der Waals surface area contributed by atoms with Crippen LogP contribution in [0.25, 0.3) is 5.69 Å². The van der Waals surface area contributed by atoms with Crippen molar-refractivity contribution in [1.29, 1.82) is 0 Å². The number of hydrogen-bond acceptors (Lipinski definition) is 3. The molecule has 0 amide bonds. The van der Waals surface area contributed by atoms with Gasteiger partial charge in [-0.05, 0) is 48.9 Å². The predicted molar refractivity (Wildman–Crippen MR) is 106 cm³/mol. The van der Waals surface area contributed by atoms with Crippen LogP contribution in [0.3, 0.4) is 0 Å². The molecule has 0 unspecified atom stereocenters. The average molecular weight is 413 g/mol. The fourth-order valence-corrected chi connectivity index (χ4v) is 2.75. The highest BCUT2D eigenvalue weighted by atomic mass is 79.9. The van der Waals surface area contributed by atoms with Crippen molar-refractivity contribution in [3.63, 3.8) is 0 Å². The minimum Gasteiger partial charge on any atom is -0.404 e. The summed E-state index contributed by atoms with van der Waals surface area (Å²) in [7, 11) is 0. The summed E-state index contributed by atoms with van der Waals surface area (Å²) in [5.74, 6) is 0.000191. The van der Waals surface area contributed by atoms with Gasteiger partial charge in [0.25, 0.3) is 0 Å². The number of rotatable bonds is 3. The summed E-state index contributed by atoms with van der Waals surface area (Å²) in [6, 6.07) is 16.9. The first-order valence-electron chi connectivity index (χ1n) is 8.39. The minimum absolute atomic E-state index is 0.159. The van der Waals surface area contributed by atoms with Gasteiger partial charge in [-0.15, -0.1) is 0 Å². The molecule has 1 heterocycles. The maximum absolute atomic E-state index is 12.6. The molecule has 0 aliphatic heterocycles. The second kappa shape index (κ2) is 7.08. The van der Waals surface area contributed by atoms with Gasteiger partial charge in [0.05, 0.1) is 16.9 Å². The maximum atomic E-state index is 12.6. The SMILES string of the molecule is Cc1cccc(-n2nc(C(C)(C)C)cc2OC(=O)c2ccc(Br)cc2)c1. The molecule has 2 aromatic carbocycles. The van der Waals surface area contributed by atoms with Gasteiger partial charge in [-0.25, -0.2) is 9.48 Å². The van der Waals surface area contributed by atoms with E-state index in [0.717, 1.165) is 21.4 Å². The summed E-state index contributed by atoms with van der Waals surface area (Å²) in [4.78, 5) is 12.6. The molecular formula is C21H21BrN2O2. The van der Waals surface area contributed by atoms with E-state index in [-0.39, 0.29) is 5.41 Å². The molecule has 0 saturated carbocycles. The zero-order chi connectivity index (χ0) is 18.9. The van der Waals surface area contributed by atoms with Gasteiger partial charge in [0.15, 0.2) is 0 Å². The van der Waals surface area contributed by atoms with Crippen LogP contribution >= 0.6 is 15.9 Å². The van der Waals surface area contributed by atoms with Crippen molar-refractivity contribution in [3.05, 3.63) is 75.9 Å². The van der Waals surface area contributed by atoms with E-state index < -0.39 is 5.97 Å². The smallest absolute Gasteiger partial charge is 0.344 e. The van der Waals surface area contributed by atoms with Crippen LogP contribution in [0.4, 0.5) is 0 Å².